The molecule has 0 bridgehead atoms. The molecule has 0 aliphatic heterocycles. The fourth-order valence-corrected chi connectivity index (χ4v) is 0.852. The van der Waals surface area contributed by atoms with Crippen LogP contribution in [0.3, 0.4) is 0 Å². The van der Waals surface area contributed by atoms with Crippen LogP contribution < -0.4 is 56.7 Å². The molecule has 0 aliphatic rings. The molecular formula is C7H14KNO4S. The number of amides is 1. The summed E-state index contributed by atoms with van der Waals surface area (Å²) < 4.78 is 29.0. The van der Waals surface area contributed by atoms with Crippen molar-refractivity contribution in [1.82, 2.24) is 5.32 Å². The fraction of sp³-hybridized carbons (Fsp3) is 0.571. The summed E-state index contributed by atoms with van der Waals surface area (Å²) in [7, 11) is -2.36. The van der Waals surface area contributed by atoms with Gasteiger partial charge in [-0.1, -0.05) is 13.5 Å². The van der Waals surface area contributed by atoms with E-state index in [9.17, 15) is 17.8 Å². The van der Waals surface area contributed by atoms with Gasteiger partial charge in [-0.05, 0) is 12.5 Å². The quantitative estimate of drug-likeness (QED) is 0.324. The monoisotopic (exact) mass is 247 g/mol. The van der Waals surface area contributed by atoms with Crippen LogP contribution in [-0.4, -0.2) is 31.7 Å². The third-order valence-electron chi connectivity index (χ3n) is 0.886. The van der Waals surface area contributed by atoms with Gasteiger partial charge >= 0.3 is 51.4 Å². The predicted octanol–water partition coefficient (Wildman–Crippen LogP) is -3.14. The van der Waals surface area contributed by atoms with Gasteiger partial charge in [-0.25, -0.2) is 8.42 Å². The summed E-state index contributed by atoms with van der Waals surface area (Å²) in [5, 5.41) is 2.36. The normalized spacial score (nSPS) is 8.79. The Kier molecular flexibility index (Phi) is 17.1. The Labute approximate surface area is 128 Å². The van der Waals surface area contributed by atoms with Crippen LogP contribution in [0.2, 0.25) is 0 Å². The standard InChI is InChI=1S/C4H7NO.C3H8O3S.K/c1-3-4(6)5-2;1-2-3-7(4,5)6;/h3H,1H2,2H3,(H,5,6);2-3H2,1H3,(H,4,5,6);/q;;+1/p-1. The molecule has 0 atom stereocenters. The first-order valence-corrected chi connectivity index (χ1v) is 5.22. The van der Waals surface area contributed by atoms with Crippen molar-refractivity contribution in [2.75, 3.05) is 12.8 Å². The largest absolute Gasteiger partial charge is 1.00 e. The van der Waals surface area contributed by atoms with Crippen molar-refractivity contribution >= 4 is 16.0 Å². The number of hydrogen-bond acceptors (Lipinski definition) is 4. The van der Waals surface area contributed by atoms with Crippen LogP contribution in [0, 0.1) is 0 Å². The van der Waals surface area contributed by atoms with Gasteiger partial charge in [0.05, 0.1) is 10.1 Å². The Bertz CT molecular complexity index is 250. The number of likely N-dealkylation sites (N-methyl/N-ethyl adjacent to an activating group) is 1. The van der Waals surface area contributed by atoms with Crippen molar-refractivity contribution in [3.8, 4) is 0 Å². The molecule has 0 spiro atoms. The van der Waals surface area contributed by atoms with Crippen molar-refractivity contribution in [3.05, 3.63) is 12.7 Å². The Hall–Kier alpha value is 0.756. The van der Waals surface area contributed by atoms with Crippen molar-refractivity contribution in [2.24, 2.45) is 0 Å². The molecule has 0 unspecified atom stereocenters. The van der Waals surface area contributed by atoms with Crippen molar-refractivity contribution in [3.63, 3.8) is 0 Å². The summed E-state index contributed by atoms with van der Waals surface area (Å²) in [4.78, 5) is 9.95. The van der Waals surface area contributed by atoms with Crippen molar-refractivity contribution in [1.29, 1.82) is 0 Å². The third kappa shape index (κ3) is 23.0. The SMILES string of the molecule is C=CC(=O)NC.CCCS(=O)(=O)[O-].[K+]. The Morgan fingerprint density at radius 1 is 1.57 bits per heavy atom. The van der Waals surface area contributed by atoms with E-state index in [0.29, 0.717) is 6.42 Å². The minimum absolute atomic E-state index is 0. The maximum absolute atomic E-state index is 9.95. The minimum atomic E-state index is -3.92. The molecule has 5 nitrogen and oxygen atoms in total. The Balaban J connectivity index is -0.000000163. The summed E-state index contributed by atoms with van der Waals surface area (Å²) in [6.07, 6.45) is 1.63. The molecule has 1 N–H and O–H groups in total. The number of carbonyl (C=O) groups is 1. The van der Waals surface area contributed by atoms with E-state index in [-0.39, 0.29) is 63.0 Å². The summed E-state index contributed by atoms with van der Waals surface area (Å²) in [6, 6.07) is 0. The van der Waals surface area contributed by atoms with Gasteiger partial charge in [0.2, 0.25) is 5.91 Å². The van der Waals surface area contributed by atoms with Gasteiger partial charge < -0.3 is 9.87 Å². The number of carbonyl (C=O) groups excluding carboxylic acids is 1. The smallest absolute Gasteiger partial charge is 0.748 e. The molecule has 0 aromatic rings. The van der Waals surface area contributed by atoms with Crippen LogP contribution in [0.15, 0.2) is 12.7 Å². The van der Waals surface area contributed by atoms with Crippen LogP contribution in [0.4, 0.5) is 0 Å². The third-order valence-corrected chi connectivity index (χ3v) is 1.79. The van der Waals surface area contributed by atoms with E-state index in [1.807, 2.05) is 0 Å². The van der Waals surface area contributed by atoms with Gasteiger partial charge in [0.1, 0.15) is 0 Å². The van der Waals surface area contributed by atoms with Gasteiger partial charge in [-0.2, -0.15) is 0 Å². The average Bonchev–Trinajstić information content (AvgIpc) is 2.02. The number of hydrogen-bond donors (Lipinski definition) is 1. The molecule has 7 heteroatoms. The second-order valence-corrected chi connectivity index (χ2v) is 3.60. The molecule has 14 heavy (non-hydrogen) atoms. The van der Waals surface area contributed by atoms with E-state index in [0.717, 1.165) is 0 Å². The molecule has 0 saturated heterocycles. The van der Waals surface area contributed by atoms with Gasteiger partial charge in [-0.3, -0.25) is 4.79 Å². The van der Waals surface area contributed by atoms with E-state index < -0.39 is 10.1 Å². The molecule has 0 fully saturated rings. The minimum Gasteiger partial charge on any atom is -0.748 e. The molecule has 0 aromatic heterocycles. The van der Waals surface area contributed by atoms with Gasteiger partial charge in [0.15, 0.2) is 0 Å². The second kappa shape index (κ2) is 11.8. The van der Waals surface area contributed by atoms with E-state index in [1.165, 1.54) is 6.08 Å². The van der Waals surface area contributed by atoms with Gasteiger partial charge in [-0.15, -0.1) is 0 Å². The summed E-state index contributed by atoms with van der Waals surface area (Å²) in [5.74, 6) is -0.387. The Morgan fingerprint density at radius 2 is 2.00 bits per heavy atom. The van der Waals surface area contributed by atoms with Crippen LogP contribution in [0.1, 0.15) is 13.3 Å². The van der Waals surface area contributed by atoms with Crippen LogP contribution >= 0.6 is 0 Å². The van der Waals surface area contributed by atoms with E-state index >= 15 is 0 Å². The Morgan fingerprint density at radius 3 is 2.00 bits per heavy atom. The molecule has 1 amide bonds. The van der Waals surface area contributed by atoms with Crippen molar-refractivity contribution in [2.45, 2.75) is 13.3 Å². The molecular weight excluding hydrogens is 233 g/mol. The molecule has 0 radical (unpaired) electrons. The molecule has 0 saturated carbocycles. The zero-order chi connectivity index (χ0) is 10.9. The maximum atomic E-state index is 9.95. The maximum Gasteiger partial charge on any atom is 1.00 e. The molecule has 0 aliphatic carbocycles. The van der Waals surface area contributed by atoms with Crippen LogP contribution in [-0.2, 0) is 14.9 Å². The second-order valence-electron chi connectivity index (χ2n) is 2.08. The van der Waals surface area contributed by atoms with E-state index in [4.69, 9.17) is 0 Å². The first-order valence-electron chi connectivity index (χ1n) is 3.65. The number of nitrogens with one attached hydrogen (secondary N) is 1. The number of rotatable bonds is 3. The van der Waals surface area contributed by atoms with Crippen molar-refractivity contribution < 1.29 is 69.1 Å². The molecule has 0 heterocycles. The van der Waals surface area contributed by atoms with E-state index in [1.54, 1.807) is 14.0 Å². The zero-order valence-electron chi connectivity index (χ0n) is 8.74. The first kappa shape index (κ1) is 20.2. The summed E-state index contributed by atoms with van der Waals surface area (Å²) in [5.41, 5.74) is 0. The molecule has 0 aromatic carbocycles. The zero-order valence-corrected chi connectivity index (χ0v) is 12.7. The summed E-state index contributed by atoms with van der Waals surface area (Å²) in [6.45, 7) is 4.87. The first-order chi connectivity index (χ1) is 5.87. The van der Waals surface area contributed by atoms with E-state index in [2.05, 4.69) is 11.9 Å². The molecule has 78 valence electrons. The molecule has 0 rings (SSSR count). The van der Waals surface area contributed by atoms with Crippen LogP contribution in [0.5, 0.6) is 0 Å². The fourth-order valence-electron chi connectivity index (χ4n) is 0.352. The predicted molar refractivity (Wildman–Crippen MR) is 49.1 cm³/mol. The van der Waals surface area contributed by atoms with Crippen LogP contribution in [0.25, 0.3) is 0 Å². The van der Waals surface area contributed by atoms with Gasteiger partial charge in [0.25, 0.3) is 0 Å². The topological polar surface area (TPSA) is 86.3 Å². The average molecular weight is 247 g/mol. The van der Waals surface area contributed by atoms with Gasteiger partial charge in [0, 0.05) is 12.8 Å². The summed E-state index contributed by atoms with van der Waals surface area (Å²) >= 11 is 0.